The van der Waals surface area contributed by atoms with Crippen LogP contribution < -0.4 is 0 Å². The van der Waals surface area contributed by atoms with Gasteiger partial charge in [0.2, 0.25) is 0 Å². The van der Waals surface area contributed by atoms with E-state index >= 15 is 0 Å². The molecule has 0 N–H and O–H groups in total. The first-order chi connectivity index (χ1) is 28.6. The fourth-order valence-electron chi connectivity index (χ4n) is 6.07. The average molecular weight is 588 g/mol. The Morgan fingerprint density at radius 2 is 0.956 bits per heavy atom. The molecule has 1 aromatic heterocycles. The largest absolute Gasteiger partial charge is 0.455 e. The van der Waals surface area contributed by atoms with E-state index in [2.05, 4.69) is 0 Å². The van der Waals surface area contributed by atoms with Gasteiger partial charge in [0.05, 0.1) is 20.6 Å². The Morgan fingerprint density at radius 1 is 0.378 bits per heavy atom. The first kappa shape index (κ1) is 14.7. The lowest BCUT2D eigenvalue weighted by Gasteiger charge is -2.18. The Bertz CT molecular complexity index is 3260. The Balaban J connectivity index is 1.47. The van der Waals surface area contributed by atoms with Gasteiger partial charge in [0, 0.05) is 16.3 Å². The van der Waals surface area contributed by atoms with Crippen molar-refractivity contribution in [3.63, 3.8) is 0 Å². The number of rotatable bonds is 4. The van der Waals surface area contributed by atoms with Crippen LogP contribution in [-0.2, 0) is 0 Å². The van der Waals surface area contributed by atoms with E-state index in [0.717, 1.165) is 0 Å². The van der Waals surface area contributed by atoms with E-state index in [0.29, 0.717) is 38.2 Å². The lowest BCUT2D eigenvalue weighted by atomic mass is 9.84. The summed E-state index contributed by atoms with van der Waals surface area (Å²) < 4.78 is 140. The van der Waals surface area contributed by atoms with Crippen LogP contribution in [0.15, 0.2) is 174 Å². The maximum absolute atomic E-state index is 9.47. The fourth-order valence-corrected chi connectivity index (χ4v) is 6.07. The van der Waals surface area contributed by atoms with Crippen LogP contribution in [0.25, 0.3) is 88.0 Å². The molecule has 0 aliphatic rings. The number of benzene rings is 8. The predicted molar refractivity (Wildman–Crippen MR) is 190 cm³/mol. The lowest BCUT2D eigenvalue weighted by Crippen LogP contribution is -1.91. The van der Waals surface area contributed by atoms with Crippen LogP contribution in [0, 0.1) is 0 Å². The highest BCUT2D eigenvalue weighted by Gasteiger charge is 2.21. The van der Waals surface area contributed by atoms with E-state index in [9.17, 15) is 5.48 Å². The smallest absolute Gasteiger partial charge is 0.143 e. The van der Waals surface area contributed by atoms with Gasteiger partial charge in [-0.15, -0.1) is 0 Å². The van der Waals surface area contributed by atoms with Crippen molar-refractivity contribution < 1.29 is 25.0 Å². The van der Waals surface area contributed by atoms with E-state index < -0.39 is 72.0 Å². The number of fused-ring (bicyclic) bond motifs is 5. The monoisotopic (exact) mass is 587 g/mol. The molecule has 0 amide bonds. The van der Waals surface area contributed by atoms with Gasteiger partial charge in [-0.25, -0.2) is 0 Å². The molecule has 8 aromatic carbocycles. The lowest BCUT2D eigenvalue weighted by molar-refractivity contribution is 0.670. The van der Waals surface area contributed by atoms with Crippen LogP contribution >= 0.6 is 0 Å². The van der Waals surface area contributed by atoms with Gasteiger partial charge in [0.1, 0.15) is 11.2 Å². The molecule has 0 saturated carbocycles. The van der Waals surface area contributed by atoms with E-state index in [4.69, 9.17) is 19.5 Å². The normalized spacial score (nSPS) is 16.2. The molecule has 9 aromatic rings. The Hall–Kier alpha value is -5.92. The van der Waals surface area contributed by atoms with Crippen molar-refractivity contribution in [2.45, 2.75) is 0 Å². The van der Waals surface area contributed by atoms with Crippen molar-refractivity contribution in [2.75, 3.05) is 0 Å². The second-order valence-corrected chi connectivity index (χ2v) is 10.5. The van der Waals surface area contributed by atoms with Gasteiger partial charge in [-0.1, -0.05) is 163 Å². The third-order valence-electron chi connectivity index (χ3n) is 7.99. The quantitative estimate of drug-likeness (QED) is 0.187. The maximum Gasteiger partial charge on any atom is 0.143 e. The number of hydrogen-bond donors (Lipinski definition) is 0. The minimum atomic E-state index is -0.700. The van der Waals surface area contributed by atoms with Crippen molar-refractivity contribution in [2.24, 2.45) is 0 Å². The molecule has 1 heterocycles. The number of furan rings is 1. The van der Waals surface area contributed by atoms with Gasteiger partial charge >= 0.3 is 0 Å². The first-order valence-electron chi connectivity index (χ1n) is 21.7. The molecule has 0 aliphatic heterocycles. The molecule has 45 heavy (non-hydrogen) atoms. The van der Waals surface area contributed by atoms with Crippen molar-refractivity contribution in [3.05, 3.63) is 169 Å². The van der Waals surface area contributed by atoms with Crippen molar-refractivity contribution >= 4 is 43.5 Å². The Kier molecular flexibility index (Phi) is 3.39. The summed E-state index contributed by atoms with van der Waals surface area (Å²) in [6, 6.07) is 14.7. The molecule has 0 fully saturated rings. The molecule has 0 atom stereocenters. The molecule has 0 radical (unpaired) electrons. The second-order valence-electron chi connectivity index (χ2n) is 10.5. The second kappa shape index (κ2) is 10.4. The van der Waals surface area contributed by atoms with Gasteiger partial charge in [-0.05, 0) is 66.5 Å². The van der Waals surface area contributed by atoms with Gasteiger partial charge in [0.15, 0.2) is 0 Å². The van der Waals surface area contributed by atoms with Gasteiger partial charge in [-0.2, -0.15) is 0 Å². The summed E-state index contributed by atoms with van der Waals surface area (Å²) in [4.78, 5) is 0. The van der Waals surface area contributed by atoms with Crippen LogP contribution in [0.5, 0.6) is 0 Å². The standard InChI is InChI=1S/C44H28O/c1-3-13-29(14-4-1)30-25-27-32(28-26-30)41-34-17-7-9-19-36(34)42(37-20-10-8-18-35(37)41)38-22-12-24-40-43(38)39-23-11-21-33(44(39)45-40)31-15-5-2-6-16-31/h1-28H/i2D,5D,6D,11D,12D,15D,16D,21D,22D,23D,24D,25D,26D,27D,28D. The van der Waals surface area contributed by atoms with Gasteiger partial charge in [-0.3, -0.25) is 0 Å². The summed E-state index contributed by atoms with van der Waals surface area (Å²) in [5.41, 5.74) is -0.0316. The molecular weight excluding hydrogens is 544 g/mol. The SMILES string of the molecule is [2H]c1c([2H])c([2H])c(-c2c([2H])c([2H])c([2H])c3c2oc2c([2H])c([2H])c([2H])c(-c4c5ccccc5c(-c5c([2H])c([2H])c(-c6ccccc6)c([2H])c5[2H])c5ccccc45)c23)c([2H])c1[2H]. The first-order valence-corrected chi connectivity index (χ1v) is 14.2. The molecule has 0 aliphatic carbocycles. The van der Waals surface area contributed by atoms with Crippen molar-refractivity contribution in [3.8, 4) is 44.5 Å². The summed E-state index contributed by atoms with van der Waals surface area (Å²) in [7, 11) is 0. The predicted octanol–water partition coefficient (Wildman–Crippen LogP) is 12.6. The zero-order valence-corrected chi connectivity index (χ0v) is 23.4. The molecule has 0 saturated heterocycles. The summed E-state index contributed by atoms with van der Waals surface area (Å²) >= 11 is 0. The molecule has 0 bridgehead atoms. The van der Waals surface area contributed by atoms with Crippen LogP contribution in [0.1, 0.15) is 20.6 Å². The van der Waals surface area contributed by atoms with Crippen LogP contribution in [0.2, 0.25) is 0 Å². The van der Waals surface area contributed by atoms with E-state index in [1.807, 2.05) is 0 Å². The van der Waals surface area contributed by atoms with Crippen LogP contribution in [0.4, 0.5) is 0 Å². The molecule has 9 rings (SSSR count). The highest BCUT2D eigenvalue weighted by Crippen LogP contribution is 2.47. The minimum Gasteiger partial charge on any atom is -0.455 e. The third kappa shape index (κ3) is 4.09. The molecule has 210 valence electrons. The third-order valence-corrected chi connectivity index (χ3v) is 7.99. The molecular formula is C44H28O. The zero-order valence-electron chi connectivity index (χ0n) is 38.4. The number of para-hydroxylation sites is 1. The molecule has 0 spiro atoms. The van der Waals surface area contributed by atoms with Gasteiger partial charge in [0.25, 0.3) is 0 Å². The summed E-state index contributed by atoms with van der Waals surface area (Å²) in [6.45, 7) is 0. The van der Waals surface area contributed by atoms with E-state index in [1.165, 1.54) is 0 Å². The Morgan fingerprint density at radius 3 is 1.64 bits per heavy atom. The van der Waals surface area contributed by atoms with E-state index in [1.54, 1.807) is 78.9 Å². The van der Waals surface area contributed by atoms with Crippen LogP contribution in [0.3, 0.4) is 0 Å². The maximum atomic E-state index is 9.47. The zero-order chi connectivity index (χ0) is 42.8. The summed E-state index contributed by atoms with van der Waals surface area (Å²) in [5.74, 6) is 0. The fraction of sp³-hybridized carbons (Fsp3) is 0. The van der Waals surface area contributed by atoms with Crippen molar-refractivity contribution in [1.29, 1.82) is 0 Å². The Labute approximate surface area is 282 Å². The minimum absolute atomic E-state index is 0.0142. The topological polar surface area (TPSA) is 13.1 Å². The average Bonchev–Trinajstić information content (AvgIpc) is 3.65. The highest BCUT2D eigenvalue weighted by molar-refractivity contribution is 6.26. The number of hydrogen-bond acceptors (Lipinski definition) is 1. The highest BCUT2D eigenvalue weighted by atomic mass is 16.3. The molecule has 1 nitrogen and oxygen atoms in total. The van der Waals surface area contributed by atoms with Crippen molar-refractivity contribution in [1.82, 2.24) is 0 Å². The summed E-state index contributed by atoms with van der Waals surface area (Å²) in [6.07, 6.45) is 0. The van der Waals surface area contributed by atoms with Crippen LogP contribution in [-0.4, -0.2) is 0 Å². The molecule has 1 heteroatoms. The van der Waals surface area contributed by atoms with E-state index in [-0.39, 0.29) is 68.4 Å². The summed E-state index contributed by atoms with van der Waals surface area (Å²) in [5, 5.41) is 1.60. The molecule has 0 unspecified atom stereocenters. The van der Waals surface area contributed by atoms with Gasteiger partial charge < -0.3 is 4.42 Å².